The van der Waals surface area contributed by atoms with Crippen molar-refractivity contribution < 1.29 is 17.6 Å². The summed E-state index contributed by atoms with van der Waals surface area (Å²) in [4.78, 5) is 0. The molecular formula is C11H14ClF3N2O. The lowest BCUT2D eigenvalue weighted by Crippen LogP contribution is -2.31. The van der Waals surface area contributed by atoms with Crippen molar-refractivity contribution in [2.75, 3.05) is 0 Å². The summed E-state index contributed by atoms with van der Waals surface area (Å²) < 4.78 is 44.0. The molecule has 3 atom stereocenters. The summed E-state index contributed by atoms with van der Waals surface area (Å²) in [5.41, 5.74) is 0. The maximum atomic E-state index is 12.9. The van der Waals surface area contributed by atoms with Gasteiger partial charge in [-0.1, -0.05) is 12.8 Å². The second-order valence-electron chi connectivity index (χ2n) is 4.63. The molecule has 0 saturated heterocycles. The molecule has 1 fully saturated rings. The van der Waals surface area contributed by atoms with Gasteiger partial charge in [-0.3, -0.25) is 0 Å². The van der Waals surface area contributed by atoms with Gasteiger partial charge in [0, 0.05) is 5.92 Å². The Morgan fingerprint density at radius 3 is 2.50 bits per heavy atom. The lowest BCUT2D eigenvalue weighted by Gasteiger charge is -2.30. The smallest absolute Gasteiger partial charge is 0.392 e. The molecule has 1 aromatic rings. The highest BCUT2D eigenvalue weighted by Crippen LogP contribution is 2.46. The molecule has 1 aliphatic rings. The van der Waals surface area contributed by atoms with Gasteiger partial charge in [0.25, 0.3) is 0 Å². The molecule has 0 radical (unpaired) electrons. The third-order valence-corrected chi connectivity index (χ3v) is 3.49. The quantitative estimate of drug-likeness (QED) is 0.763. The third-order valence-electron chi connectivity index (χ3n) is 3.30. The maximum Gasteiger partial charge on any atom is 0.392 e. The predicted molar refractivity (Wildman–Crippen MR) is 59.3 cm³/mol. The van der Waals surface area contributed by atoms with E-state index >= 15 is 0 Å². The van der Waals surface area contributed by atoms with Gasteiger partial charge in [-0.25, -0.2) is 0 Å². The lowest BCUT2D eigenvalue weighted by atomic mass is 9.79. The zero-order valence-corrected chi connectivity index (χ0v) is 10.6. The molecule has 3 nitrogen and oxygen atoms in total. The summed E-state index contributed by atoms with van der Waals surface area (Å²) in [5, 5.41) is 6.93. The average molecular weight is 283 g/mol. The minimum absolute atomic E-state index is 0.0690. The van der Waals surface area contributed by atoms with Crippen LogP contribution in [0.5, 0.6) is 0 Å². The van der Waals surface area contributed by atoms with E-state index in [0.717, 1.165) is 6.42 Å². The average Bonchev–Trinajstić information content (AvgIpc) is 2.77. The van der Waals surface area contributed by atoms with Crippen LogP contribution in [-0.4, -0.2) is 16.4 Å². The number of hydrogen-bond donors (Lipinski definition) is 0. The second kappa shape index (κ2) is 5.07. The maximum absolute atomic E-state index is 12.9. The van der Waals surface area contributed by atoms with E-state index in [2.05, 4.69) is 10.2 Å². The fourth-order valence-electron chi connectivity index (χ4n) is 2.38. The summed E-state index contributed by atoms with van der Waals surface area (Å²) in [6.07, 6.45) is -2.31. The van der Waals surface area contributed by atoms with Crippen molar-refractivity contribution in [3.05, 3.63) is 11.8 Å². The molecule has 2 rings (SSSR count). The van der Waals surface area contributed by atoms with Crippen LogP contribution in [-0.2, 0) is 0 Å². The van der Waals surface area contributed by atoms with Crippen molar-refractivity contribution >= 4 is 11.6 Å². The van der Waals surface area contributed by atoms with Gasteiger partial charge >= 0.3 is 6.18 Å². The molecule has 1 heterocycles. The number of hydrogen-bond acceptors (Lipinski definition) is 3. The van der Waals surface area contributed by atoms with E-state index in [1.165, 1.54) is 0 Å². The van der Waals surface area contributed by atoms with Crippen LogP contribution in [0, 0.1) is 5.92 Å². The van der Waals surface area contributed by atoms with Crippen molar-refractivity contribution in [3.63, 3.8) is 0 Å². The Bertz CT molecular complexity index is 405. The van der Waals surface area contributed by atoms with E-state index < -0.39 is 23.4 Å². The molecular weight excluding hydrogens is 269 g/mol. The molecule has 1 saturated carbocycles. The first kappa shape index (κ1) is 13.6. The molecule has 1 aromatic heterocycles. The van der Waals surface area contributed by atoms with Crippen LogP contribution in [0.2, 0.25) is 0 Å². The Balaban J connectivity index is 2.22. The van der Waals surface area contributed by atoms with E-state index in [-0.39, 0.29) is 18.2 Å². The van der Waals surface area contributed by atoms with Crippen molar-refractivity contribution in [1.29, 1.82) is 0 Å². The second-order valence-corrected chi connectivity index (χ2v) is 5.29. The fraction of sp³-hybridized carbons (Fsp3) is 0.818. The van der Waals surface area contributed by atoms with E-state index in [4.69, 9.17) is 16.0 Å². The monoisotopic (exact) mass is 282 g/mol. The first-order valence-corrected chi connectivity index (χ1v) is 6.37. The molecule has 0 amide bonds. The van der Waals surface area contributed by atoms with E-state index in [1.807, 2.05) is 0 Å². The van der Waals surface area contributed by atoms with Crippen LogP contribution in [0.1, 0.15) is 55.7 Å². The highest BCUT2D eigenvalue weighted by Gasteiger charge is 2.47. The molecule has 0 aromatic carbocycles. The van der Waals surface area contributed by atoms with Gasteiger partial charge in [0.1, 0.15) is 5.38 Å². The third kappa shape index (κ3) is 2.79. The highest BCUT2D eigenvalue weighted by atomic mass is 35.5. The minimum Gasteiger partial charge on any atom is -0.423 e. The van der Waals surface area contributed by atoms with Gasteiger partial charge in [0.2, 0.25) is 11.8 Å². The summed E-state index contributed by atoms with van der Waals surface area (Å²) in [6, 6.07) is 0. The van der Waals surface area contributed by atoms with Crippen molar-refractivity contribution in [2.24, 2.45) is 5.92 Å². The van der Waals surface area contributed by atoms with Crippen molar-refractivity contribution in [2.45, 2.75) is 50.1 Å². The van der Waals surface area contributed by atoms with Crippen LogP contribution >= 0.6 is 11.6 Å². The molecule has 0 spiro atoms. The van der Waals surface area contributed by atoms with Gasteiger partial charge < -0.3 is 4.42 Å². The fourth-order valence-corrected chi connectivity index (χ4v) is 2.46. The largest absolute Gasteiger partial charge is 0.423 e. The van der Waals surface area contributed by atoms with Crippen LogP contribution < -0.4 is 0 Å². The molecule has 18 heavy (non-hydrogen) atoms. The zero-order valence-electron chi connectivity index (χ0n) is 9.88. The van der Waals surface area contributed by atoms with Crippen LogP contribution in [0.3, 0.4) is 0 Å². The Morgan fingerprint density at radius 1 is 1.28 bits per heavy atom. The van der Waals surface area contributed by atoms with Crippen LogP contribution in [0.4, 0.5) is 13.2 Å². The first-order chi connectivity index (χ1) is 8.39. The van der Waals surface area contributed by atoms with E-state index in [1.54, 1.807) is 6.92 Å². The zero-order chi connectivity index (χ0) is 13.3. The Morgan fingerprint density at radius 2 is 1.94 bits per heavy atom. The van der Waals surface area contributed by atoms with Crippen LogP contribution in [0.15, 0.2) is 4.42 Å². The first-order valence-electron chi connectivity index (χ1n) is 5.93. The number of rotatable bonds is 2. The topological polar surface area (TPSA) is 38.9 Å². The number of alkyl halides is 4. The van der Waals surface area contributed by atoms with Gasteiger partial charge in [-0.15, -0.1) is 21.8 Å². The van der Waals surface area contributed by atoms with Gasteiger partial charge in [0.05, 0.1) is 5.92 Å². The number of halogens is 4. The predicted octanol–water partition coefficient (Wildman–Crippen LogP) is 4.21. The summed E-state index contributed by atoms with van der Waals surface area (Å²) >= 11 is 5.76. The summed E-state index contributed by atoms with van der Waals surface area (Å²) in [6.45, 7) is 1.64. The van der Waals surface area contributed by atoms with E-state index in [9.17, 15) is 13.2 Å². The molecule has 0 bridgehead atoms. The Hall–Kier alpha value is -0.780. The molecule has 3 unspecified atom stereocenters. The highest BCUT2D eigenvalue weighted by molar-refractivity contribution is 6.20. The van der Waals surface area contributed by atoms with Gasteiger partial charge in [-0.2, -0.15) is 13.2 Å². The van der Waals surface area contributed by atoms with Crippen LogP contribution in [0.25, 0.3) is 0 Å². The minimum atomic E-state index is -4.22. The summed E-state index contributed by atoms with van der Waals surface area (Å²) in [7, 11) is 0. The number of aromatic nitrogens is 2. The van der Waals surface area contributed by atoms with Gasteiger partial charge in [0.15, 0.2) is 0 Å². The molecule has 7 heteroatoms. The molecule has 102 valence electrons. The molecule has 1 aliphatic carbocycles. The Labute approximate surface area is 108 Å². The molecule has 0 aliphatic heterocycles. The van der Waals surface area contributed by atoms with Crippen molar-refractivity contribution in [1.82, 2.24) is 10.2 Å². The van der Waals surface area contributed by atoms with E-state index in [0.29, 0.717) is 12.8 Å². The number of nitrogens with zero attached hydrogens (tertiary/aromatic N) is 2. The SMILES string of the molecule is CC(Cl)c1nnc(C2CCCCC2C(F)(F)F)o1. The normalized spacial score (nSPS) is 27.2. The van der Waals surface area contributed by atoms with Crippen molar-refractivity contribution in [3.8, 4) is 0 Å². The standard InChI is InChI=1S/C11H14ClF3N2O/c1-6(12)9-16-17-10(18-9)7-4-2-3-5-8(7)11(13,14)15/h6-8H,2-5H2,1H3. The lowest BCUT2D eigenvalue weighted by molar-refractivity contribution is -0.188. The van der Waals surface area contributed by atoms with Gasteiger partial charge in [-0.05, 0) is 19.8 Å². The molecule has 0 N–H and O–H groups in total. The summed E-state index contributed by atoms with van der Waals surface area (Å²) in [5.74, 6) is -1.86. The Kier molecular flexibility index (Phi) is 3.84.